The number of nitro groups is 1. The van der Waals surface area contributed by atoms with Gasteiger partial charge >= 0.3 is 0 Å². The van der Waals surface area contributed by atoms with Crippen molar-refractivity contribution >= 4 is 22.9 Å². The van der Waals surface area contributed by atoms with Crippen molar-refractivity contribution in [1.29, 1.82) is 0 Å². The van der Waals surface area contributed by atoms with Gasteiger partial charge in [-0.2, -0.15) is 0 Å². The zero-order chi connectivity index (χ0) is 17.5. The van der Waals surface area contributed by atoms with E-state index in [1.165, 1.54) is 17.0 Å². The standard InChI is InChI=1S/C17H21N3O3S/c1-13(17(21)18-10-9-16-4-3-11-24-16)19(2)12-14-5-7-15(8-6-14)20(22)23/h3-8,11,13H,9-10,12H2,1-2H3,(H,18,21)/t13-/m1/s1. The van der Waals surface area contributed by atoms with Crippen LogP contribution >= 0.6 is 11.3 Å². The van der Waals surface area contributed by atoms with Crippen molar-refractivity contribution in [2.24, 2.45) is 0 Å². The summed E-state index contributed by atoms with van der Waals surface area (Å²) in [6.45, 7) is 3.03. The van der Waals surface area contributed by atoms with Gasteiger partial charge in [0.1, 0.15) is 0 Å². The lowest BCUT2D eigenvalue weighted by atomic mass is 10.1. The molecule has 7 heteroatoms. The van der Waals surface area contributed by atoms with E-state index in [0.717, 1.165) is 12.0 Å². The smallest absolute Gasteiger partial charge is 0.269 e. The molecule has 0 aliphatic heterocycles. The minimum absolute atomic E-state index is 0.0176. The Kier molecular flexibility index (Phi) is 6.45. The van der Waals surface area contributed by atoms with Gasteiger partial charge in [-0.15, -0.1) is 11.3 Å². The van der Waals surface area contributed by atoms with Crippen molar-refractivity contribution in [3.05, 3.63) is 62.3 Å². The zero-order valence-electron chi connectivity index (χ0n) is 13.8. The molecule has 24 heavy (non-hydrogen) atoms. The number of carbonyl (C=O) groups excluding carboxylic acids is 1. The van der Waals surface area contributed by atoms with Crippen LogP contribution in [0.1, 0.15) is 17.4 Å². The first-order valence-electron chi connectivity index (χ1n) is 7.71. The number of non-ortho nitro benzene ring substituents is 1. The Labute approximate surface area is 145 Å². The molecule has 1 amide bonds. The molecule has 1 atom stereocenters. The number of nitrogens with one attached hydrogen (secondary N) is 1. The molecule has 0 radical (unpaired) electrons. The number of benzene rings is 1. The summed E-state index contributed by atoms with van der Waals surface area (Å²) in [5.41, 5.74) is 1.00. The molecule has 6 nitrogen and oxygen atoms in total. The third-order valence-corrected chi connectivity index (χ3v) is 4.81. The fourth-order valence-corrected chi connectivity index (χ4v) is 2.97. The summed E-state index contributed by atoms with van der Waals surface area (Å²) in [5, 5.41) is 15.6. The van der Waals surface area contributed by atoms with E-state index in [9.17, 15) is 14.9 Å². The molecule has 0 bridgehead atoms. The van der Waals surface area contributed by atoms with Gasteiger partial charge in [0.2, 0.25) is 5.91 Å². The molecular formula is C17H21N3O3S. The van der Waals surface area contributed by atoms with Crippen LogP contribution in [0.2, 0.25) is 0 Å². The largest absolute Gasteiger partial charge is 0.354 e. The van der Waals surface area contributed by atoms with Gasteiger partial charge in [-0.05, 0) is 37.4 Å². The molecule has 2 aromatic rings. The predicted octanol–water partition coefficient (Wildman–Crippen LogP) is 2.84. The quantitative estimate of drug-likeness (QED) is 0.588. The topological polar surface area (TPSA) is 75.5 Å². The molecule has 1 aromatic carbocycles. The molecule has 0 aliphatic carbocycles. The Balaban J connectivity index is 1.80. The van der Waals surface area contributed by atoms with Crippen LogP contribution in [-0.2, 0) is 17.8 Å². The van der Waals surface area contributed by atoms with Gasteiger partial charge in [0.05, 0.1) is 11.0 Å². The van der Waals surface area contributed by atoms with E-state index in [0.29, 0.717) is 13.1 Å². The molecule has 0 spiro atoms. The summed E-state index contributed by atoms with van der Waals surface area (Å²) >= 11 is 1.68. The Morgan fingerprint density at radius 2 is 2.04 bits per heavy atom. The number of amides is 1. The first kappa shape index (κ1) is 18.1. The van der Waals surface area contributed by atoms with Crippen LogP contribution in [0.4, 0.5) is 5.69 Å². The number of thiophene rings is 1. The van der Waals surface area contributed by atoms with Gasteiger partial charge in [-0.3, -0.25) is 19.8 Å². The number of nitrogens with zero attached hydrogens (tertiary/aromatic N) is 2. The fourth-order valence-electron chi connectivity index (χ4n) is 2.26. The average Bonchev–Trinajstić information content (AvgIpc) is 3.07. The lowest BCUT2D eigenvalue weighted by Crippen LogP contribution is -2.43. The van der Waals surface area contributed by atoms with Crippen molar-refractivity contribution in [2.75, 3.05) is 13.6 Å². The van der Waals surface area contributed by atoms with Gasteiger partial charge in [0.25, 0.3) is 5.69 Å². The van der Waals surface area contributed by atoms with Crippen LogP contribution in [0.3, 0.4) is 0 Å². The van der Waals surface area contributed by atoms with E-state index in [1.54, 1.807) is 23.5 Å². The molecular weight excluding hydrogens is 326 g/mol. The third-order valence-electron chi connectivity index (χ3n) is 3.87. The molecule has 2 rings (SSSR count). The van der Waals surface area contributed by atoms with Crippen LogP contribution in [0, 0.1) is 10.1 Å². The number of likely N-dealkylation sites (N-methyl/N-ethyl adjacent to an activating group) is 1. The second kappa shape index (κ2) is 8.56. The van der Waals surface area contributed by atoms with Gasteiger partial charge < -0.3 is 5.32 Å². The van der Waals surface area contributed by atoms with E-state index >= 15 is 0 Å². The molecule has 128 valence electrons. The molecule has 1 heterocycles. The minimum atomic E-state index is -0.419. The SMILES string of the molecule is C[C@H](C(=O)NCCc1cccs1)N(C)Cc1ccc([N+](=O)[O-])cc1. The first-order valence-corrected chi connectivity index (χ1v) is 8.59. The highest BCUT2D eigenvalue weighted by Crippen LogP contribution is 2.14. The van der Waals surface area contributed by atoms with Crippen LogP contribution in [-0.4, -0.2) is 35.4 Å². The third kappa shape index (κ3) is 5.14. The number of rotatable bonds is 8. The molecule has 0 unspecified atom stereocenters. The zero-order valence-corrected chi connectivity index (χ0v) is 14.6. The Morgan fingerprint density at radius 3 is 2.62 bits per heavy atom. The Hall–Kier alpha value is -2.25. The lowest BCUT2D eigenvalue weighted by Gasteiger charge is -2.23. The molecule has 0 saturated heterocycles. The maximum absolute atomic E-state index is 12.2. The van der Waals surface area contributed by atoms with Crippen molar-refractivity contribution < 1.29 is 9.72 Å². The Bertz CT molecular complexity index is 671. The number of nitro benzene ring substituents is 1. The highest BCUT2D eigenvalue weighted by molar-refractivity contribution is 7.09. The fraction of sp³-hybridized carbons (Fsp3) is 0.353. The maximum atomic E-state index is 12.2. The summed E-state index contributed by atoms with van der Waals surface area (Å²) in [6, 6.07) is 10.2. The maximum Gasteiger partial charge on any atom is 0.269 e. The average molecular weight is 347 g/mol. The normalized spacial score (nSPS) is 12.1. The summed E-state index contributed by atoms with van der Waals surface area (Å²) in [4.78, 5) is 25.6. The number of hydrogen-bond donors (Lipinski definition) is 1. The van der Waals surface area contributed by atoms with Crippen molar-refractivity contribution in [3.63, 3.8) is 0 Å². The van der Waals surface area contributed by atoms with Crippen LogP contribution < -0.4 is 5.32 Å². The monoisotopic (exact) mass is 347 g/mol. The highest BCUT2D eigenvalue weighted by atomic mass is 32.1. The molecule has 0 aliphatic rings. The van der Waals surface area contributed by atoms with Crippen molar-refractivity contribution in [3.8, 4) is 0 Å². The predicted molar refractivity (Wildman–Crippen MR) is 95.1 cm³/mol. The first-order chi connectivity index (χ1) is 11.5. The van der Waals surface area contributed by atoms with Gasteiger partial charge in [-0.25, -0.2) is 0 Å². The van der Waals surface area contributed by atoms with Gasteiger partial charge in [0, 0.05) is 30.1 Å². The lowest BCUT2D eigenvalue weighted by molar-refractivity contribution is -0.384. The molecule has 0 saturated carbocycles. The van der Waals surface area contributed by atoms with Crippen LogP contribution in [0.25, 0.3) is 0 Å². The second-order valence-electron chi connectivity index (χ2n) is 5.64. The summed E-state index contributed by atoms with van der Waals surface area (Å²) in [6.07, 6.45) is 0.836. The summed E-state index contributed by atoms with van der Waals surface area (Å²) < 4.78 is 0. The second-order valence-corrected chi connectivity index (χ2v) is 6.67. The van der Waals surface area contributed by atoms with Gasteiger partial charge in [0.15, 0.2) is 0 Å². The van der Waals surface area contributed by atoms with Crippen molar-refractivity contribution in [1.82, 2.24) is 10.2 Å². The minimum Gasteiger partial charge on any atom is -0.354 e. The molecule has 1 aromatic heterocycles. The molecule has 0 fully saturated rings. The van der Waals surface area contributed by atoms with Gasteiger partial charge in [-0.1, -0.05) is 18.2 Å². The number of carbonyl (C=O) groups is 1. The summed E-state index contributed by atoms with van der Waals surface area (Å²) in [7, 11) is 1.87. The Morgan fingerprint density at radius 1 is 1.33 bits per heavy atom. The van der Waals surface area contributed by atoms with E-state index in [-0.39, 0.29) is 17.6 Å². The van der Waals surface area contributed by atoms with Crippen LogP contribution in [0.15, 0.2) is 41.8 Å². The summed E-state index contributed by atoms with van der Waals surface area (Å²) in [5.74, 6) is -0.0176. The van der Waals surface area contributed by atoms with E-state index in [2.05, 4.69) is 11.4 Å². The van der Waals surface area contributed by atoms with Crippen molar-refractivity contribution in [2.45, 2.75) is 25.9 Å². The highest BCUT2D eigenvalue weighted by Gasteiger charge is 2.18. The number of hydrogen-bond acceptors (Lipinski definition) is 5. The van der Waals surface area contributed by atoms with E-state index in [4.69, 9.17) is 0 Å². The van der Waals surface area contributed by atoms with E-state index in [1.807, 2.05) is 30.3 Å². The van der Waals surface area contributed by atoms with E-state index < -0.39 is 4.92 Å². The molecule has 1 N–H and O–H groups in total. The van der Waals surface area contributed by atoms with Crippen LogP contribution in [0.5, 0.6) is 0 Å².